The highest BCUT2D eigenvalue weighted by Gasteiger charge is 2.17. The third kappa shape index (κ3) is 5.52. The van der Waals surface area contributed by atoms with Gasteiger partial charge in [-0.25, -0.2) is 13.1 Å². The number of sulfonamides is 1. The van der Waals surface area contributed by atoms with E-state index in [1.807, 2.05) is 19.1 Å². The van der Waals surface area contributed by atoms with E-state index in [0.29, 0.717) is 22.0 Å². The molecule has 0 saturated carbocycles. The van der Waals surface area contributed by atoms with Gasteiger partial charge in [0.05, 0.1) is 4.90 Å². The molecule has 0 spiro atoms. The normalized spacial score (nSPS) is 12.1. The van der Waals surface area contributed by atoms with Crippen LogP contribution >= 0.6 is 15.9 Å². The van der Waals surface area contributed by atoms with Crippen LogP contribution in [0.5, 0.6) is 0 Å². The van der Waals surface area contributed by atoms with Crippen LogP contribution in [0.3, 0.4) is 0 Å². The molecule has 0 heterocycles. The minimum Gasteiger partial charge on any atom is -0.310 e. The Morgan fingerprint density at radius 3 is 2.55 bits per heavy atom. The van der Waals surface area contributed by atoms with Crippen molar-refractivity contribution < 1.29 is 8.42 Å². The molecule has 0 saturated heterocycles. The van der Waals surface area contributed by atoms with Gasteiger partial charge < -0.3 is 5.32 Å². The molecular formula is C14H23BrN2O2S. The van der Waals surface area contributed by atoms with E-state index in [1.165, 1.54) is 0 Å². The molecule has 0 atom stereocenters. The van der Waals surface area contributed by atoms with E-state index in [1.54, 1.807) is 6.07 Å². The van der Waals surface area contributed by atoms with Gasteiger partial charge in [-0.2, -0.15) is 0 Å². The number of nitrogens with one attached hydrogen (secondary N) is 2. The van der Waals surface area contributed by atoms with Crippen molar-refractivity contribution in [2.24, 2.45) is 0 Å². The summed E-state index contributed by atoms with van der Waals surface area (Å²) in [6, 6.07) is 5.74. The van der Waals surface area contributed by atoms with E-state index in [2.05, 4.69) is 39.8 Å². The first-order valence-corrected chi connectivity index (χ1v) is 9.16. The smallest absolute Gasteiger partial charge is 0.241 e. The summed E-state index contributed by atoms with van der Waals surface area (Å²) in [4.78, 5) is 0.293. The number of benzene rings is 1. The molecule has 2 N–H and O–H groups in total. The summed E-state index contributed by atoms with van der Waals surface area (Å²) in [5, 5.41) is 3.30. The van der Waals surface area contributed by atoms with Gasteiger partial charge in [0.1, 0.15) is 0 Å². The van der Waals surface area contributed by atoms with Crippen LogP contribution in [0, 0.1) is 0 Å². The molecule has 0 unspecified atom stereocenters. The van der Waals surface area contributed by atoms with Crippen molar-refractivity contribution in [3.05, 3.63) is 28.2 Å². The Bertz CT molecular complexity index is 530. The van der Waals surface area contributed by atoms with E-state index in [-0.39, 0.29) is 0 Å². The van der Waals surface area contributed by atoms with Gasteiger partial charge in [0, 0.05) is 23.6 Å². The third-order valence-electron chi connectivity index (χ3n) is 2.82. The lowest BCUT2D eigenvalue weighted by Gasteiger charge is -2.11. The average molecular weight is 363 g/mol. The van der Waals surface area contributed by atoms with Gasteiger partial charge in [-0.05, 0) is 40.0 Å². The Morgan fingerprint density at radius 2 is 2.00 bits per heavy atom. The van der Waals surface area contributed by atoms with Gasteiger partial charge >= 0.3 is 0 Å². The van der Waals surface area contributed by atoms with E-state index in [0.717, 1.165) is 24.9 Å². The molecule has 0 radical (unpaired) electrons. The van der Waals surface area contributed by atoms with E-state index in [9.17, 15) is 8.42 Å². The zero-order valence-corrected chi connectivity index (χ0v) is 14.6. The zero-order valence-electron chi connectivity index (χ0n) is 12.2. The highest BCUT2D eigenvalue weighted by molar-refractivity contribution is 9.10. The Labute approximate surface area is 130 Å². The van der Waals surface area contributed by atoms with Crippen molar-refractivity contribution in [3.63, 3.8) is 0 Å². The SMILES string of the molecule is CCCCNS(=O)(=O)c1ccc(CNC(C)C)cc1Br. The highest BCUT2D eigenvalue weighted by atomic mass is 79.9. The van der Waals surface area contributed by atoms with Crippen molar-refractivity contribution >= 4 is 26.0 Å². The van der Waals surface area contributed by atoms with Crippen LogP contribution in [0.25, 0.3) is 0 Å². The number of hydrogen-bond acceptors (Lipinski definition) is 3. The van der Waals surface area contributed by atoms with Gasteiger partial charge in [0.15, 0.2) is 0 Å². The van der Waals surface area contributed by atoms with Crippen LogP contribution in [-0.4, -0.2) is 21.0 Å². The van der Waals surface area contributed by atoms with Crippen molar-refractivity contribution in [3.8, 4) is 0 Å². The van der Waals surface area contributed by atoms with Crippen LogP contribution in [0.15, 0.2) is 27.6 Å². The quantitative estimate of drug-likeness (QED) is 0.698. The molecule has 114 valence electrons. The number of rotatable bonds is 8. The van der Waals surface area contributed by atoms with Crippen LogP contribution in [0.1, 0.15) is 39.2 Å². The molecule has 0 aliphatic heterocycles. The molecule has 0 aromatic heterocycles. The third-order valence-corrected chi connectivity index (χ3v) is 5.26. The molecule has 0 aliphatic rings. The standard InChI is InChI=1S/C14H23BrN2O2S/c1-4-5-8-17-20(18,19)14-7-6-12(9-13(14)15)10-16-11(2)3/h6-7,9,11,16-17H,4-5,8,10H2,1-3H3. The first kappa shape index (κ1) is 17.6. The van der Waals surface area contributed by atoms with Crippen molar-refractivity contribution in [1.82, 2.24) is 10.0 Å². The second kappa shape index (κ2) is 8.12. The molecule has 6 heteroatoms. The predicted octanol–water partition coefficient (Wildman–Crippen LogP) is 3.03. The summed E-state index contributed by atoms with van der Waals surface area (Å²) in [5.74, 6) is 0. The number of unbranched alkanes of at least 4 members (excludes halogenated alkanes) is 1. The molecule has 0 amide bonds. The average Bonchev–Trinajstić information content (AvgIpc) is 2.36. The lowest BCUT2D eigenvalue weighted by Crippen LogP contribution is -2.25. The molecule has 20 heavy (non-hydrogen) atoms. The molecule has 1 aromatic carbocycles. The van der Waals surface area contributed by atoms with E-state index < -0.39 is 10.0 Å². The van der Waals surface area contributed by atoms with Crippen molar-refractivity contribution in [2.75, 3.05) is 6.54 Å². The maximum Gasteiger partial charge on any atom is 0.241 e. The molecule has 1 aromatic rings. The zero-order chi connectivity index (χ0) is 15.2. The monoisotopic (exact) mass is 362 g/mol. The molecule has 0 fully saturated rings. The summed E-state index contributed by atoms with van der Waals surface area (Å²) >= 11 is 3.35. The van der Waals surface area contributed by atoms with Gasteiger partial charge in [0.25, 0.3) is 0 Å². The van der Waals surface area contributed by atoms with Crippen LogP contribution < -0.4 is 10.0 Å². The van der Waals surface area contributed by atoms with Gasteiger partial charge in [-0.3, -0.25) is 0 Å². The van der Waals surface area contributed by atoms with Crippen LogP contribution in [-0.2, 0) is 16.6 Å². The fourth-order valence-corrected chi connectivity index (χ4v) is 3.85. The first-order chi connectivity index (χ1) is 9.36. The van der Waals surface area contributed by atoms with Crippen LogP contribution in [0.2, 0.25) is 0 Å². The fraction of sp³-hybridized carbons (Fsp3) is 0.571. The lowest BCUT2D eigenvalue weighted by atomic mass is 10.2. The number of hydrogen-bond donors (Lipinski definition) is 2. The first-order valence-electron chi connectivity index (χ1n) is 6.88. The summed E-state index contributed by atoms with van der Waals surface area (Å²) in [6.45, 7) is 7.37. The van der Waals surface area contributed by atoms with E-state index in [4.69, 9.17) is 0 Å². The largest absolute Gasteiger partial charge is 0.310 e. The van der Waals surface area contributed by atoms with E-state index >= 15 is 0 Å². The second-order valence-corrected chi connectivity index (χ2v) is 7.64. The Balaban J connectivity index is 2.81. The summed E-state index contributed by atoms with van der Waals surface area (Å²) in [7, 11) is -3.43. The van der Waals surface area contributed by atoms with Crippen molar-refractivity contribution in [1.29, 1.82) is 0 Å². The molecule has 0 aliphatic carbocycles. The highest BCUT2D eigenvalue weighted by Crippen LogP contribution is 2.23. The molecule has 4 nitrogen and oxygen atoms in total. The van der Waals surface area contributed by atoms with Gasteiger partial charge in [-0.1, -0.05) is 33.3 Å². The summed E-state index contributed by atoms with van der Waals surface area (Å²) in [5.41, 5.74) is 1.05. The van der Waals surface area contributed by atoms with Gasteiger partial charge in [0.2, 0.25) is 10.0 Å². The predicted molar refractivity (Wildman–Crippen MR) is 86.2 cm³/mol. The molecular weight excluding hydrogens is 340 g/mol. The van der Waals surface area contributed by atoms with Gasteiger partial charge in [-0.15, -0.1) is 0 Å². The molecule has 1 rings (SSSR count). The minimum atomic E-state index is -3.43. The summed E-state index contributed by atoms with van der Waals surface area (Å²) < 4.78 is 27.5. The minimum absolute atomic E-state index is 0.293. The summed E-state index contributed by atoms with van der Waals surface area (Å²) in [6.07, 6.45) is 1.80. The fourth-order valence-electron chi connectivity index (χ4n) is 1.66. The Kier molecular flexibility index (Phi) is 7.15. The maximum absolute atomic E-state index is 12.1. The van der Waals surface area contributed by atoms with Crippen molar-refractivity contribution in [2.45, 2.75) is 51.1 Å². The Hall–Kier alpha value is -0.430. The lowest BCUT2D eigenvalue weighted by molar-refractivity contribution is 0.576. The number of halogens is 1. The maximum atomic E-state index is 12.1. The Morgan fingerprint density at radius 1 is 1.30 bits per heavy atom. The van der Waals surface area contributed by atoms with Crippen LogP contribution in [0.4, 0.5) is 0 Å². The second-order valence-electron chi connectivity index (χ2n) is 5.05. The molecule has 0 bridgehead atoms. The topological polar surface area (TPSA) is 58.2 Å².